The summed E-state index contributed by atoms with van der Waals surface area (Å²) in [6.07, 6.45) is 4.79. The number of nitrogens with one attached hydrogen (secondary N) is 1. The number of Topliss-reactive ketones (excluding diaryl/α,β-unsaturated/α-hetero) is 1. The summed E-state index contributed by atoms with van der Waals surface area (Å²) >= 11 is 1.56. The smallest absolute Gasteiger partial charge is 0.187 e. The lowest BCUT2D eigenvalue weighted by Crippen LogP contribution is -2.09. The molecule has 8 heteroatoms. The van der Waals surface area contributed by atoms with Gasteiger partial charge in [-0.05, 0) is 29.5 Å². The van der Waals surface area contributed by atoms with Crippen LogP contribution in [-0.4, -0.2) is 26.5 Å². The molecule has 0 saturated heterocycles. The number of halogens is 1. The van der Waals surface area contributed by atoms with Gasteiger partial charge in [-0.15, -0.1) is 11.8 Å². The van der Waals surface area contributed by atoms with Crippen LogP contribution in [0, 0.1) is 5.82 Å². The van der Waals surface area contributed by atoms with Crippen molar-refractivity contribution in [2.24, 2.45) is 0 Å². The van der Waals surface area contributed by atoms with Gasteiger partial charge in [0.05, 0.1) is 18.1 Å². The molecule has 6 nitrogen and oxygen atoms in total. The molecule has 0 unspecified atom stereocenters. The van der Waals surface area contributed by atoms with Gasteiger partial charge in [0.25, 0.3) is 0 Å². The van der Waals surface area contributed by atoms with Crippen LogP contribution in [0.5, 0.6) is 0 Å². The van der Waals surface area contributed by atoms with Gasteiger partial charge in [0.1, 0.15) is 22.4 Å². The third-order valence-corrected chi connectivity index (χ3v) is 4.78. The Morgan fingerprint density at radius 1 is 1.21 bits per heavy atom. The van der Waals surface area contributed by atoms with Crippen molar-refractivity contribution in [3.05, 3.63) is 71.6 Å². The van der Waals surface area contributed by atoms with Crippen LogP contribution in [0.4, 0.5) is 15.9 Å². The molecule has 0 spiro atoms. The van der Waals surface area contributed by atoms with Gasteiger partial charge in [0, 0.05) is 24.7 Å². The Hall–Kier alpha value is -3.00. The minimum absolute atomic E-state index is 0.122. The summed E-state index contributed by atoms with van der Waals surface area (Å²) in [7, 11) is 0. The van der Waals surface area contributed by atoms with E-state index < -0.39 is 0 Å². The molecule has 0 saturated carbocycles. The van der Waals surface area contributed by atoms with E-state index in [9.17, 15) is 9.18 Å². The lowest BCUT2D eigenvalue weighted by Gasteiger charge is -2.10. The predicted octanol–water partition coefficient (Wildman–Crippen LogP) is 3.74. The standard InChI is InChI=1S/C20H20FN5OS/c1-2-28-19-12-25-17(11-26-19)18(27)9-13-5-6-15(21)14(8-13)10-24-16-4-3-7-23-20(16)22/h3-8,11-12,24H,2,9-10H2,1H3,(H2,22,23). The van der Waals surface area contributed by atoms with E-state index in [4.69, 9.17) is 5.73 Å². The average Bonchev–Trinajstić information content (AvgIpc) is 2.70. The molecular formula is C20H20FN5OS. The molecule has 0 aliphatic rings. The highest BCUT2D eigenvalue weighted by Crippen LogP contribution is 2.18. The summed E-state index contributed by atoms with van der Waals surface area (Å²) in [5.41, 5.74) is 7.86. The Bertz CT molecular complexity index is 965. The third-order valence-electron chi connectivity index (χ3n) is 3.99. The third kappa shape index (κ3) is 5.04. The van der Waals surface area contributed by atoms with E-state index in [1.807, 2.05) is 6.92 Å². The molecule has 0 atom stereocenters. The molecule has 0 fully saturated rings. The maximum atomic E-state index is 14.2. The molecule has 0 amide bonds. The number of pyridine rings is 1. The van der Waals surface area contributed by atoms with Gasteiger partial charge in [-0.3, -0.25) is 4.79 Å². The maximum Gasteiger partial charge on any atom is 0.187 e. The lowest BCUT2D eigenvalue weighted by molar-refractivity contribution is 0.0987. The number of carbonyl (C=O) groups is 1. The number of carbonyl (C=O) groups excluding carboxylic acids is 1. The molecule has 0 aliphatic carbocycles. The molecule has 3 aromatic rings. The molecule has 2 heterocycles. The summed E-state index contributed by atoms with van der Waals surface area (Å²) in [5.74, 6) is 0.714. The number of rotatable bonds is 8. The summed E-state index contributed by atoms with van der Waals surface area (Å²) in [5, 5.41) is 3.84. The van der Waals surface area contributed by atoms with Gasteiger partial charge in [-0.25, -0.2) is 19.3 Å². The Balaban J connectivity index is 1.68. The van der Waals surface area contributed by atoms with Crippen molar-refractivity contribution in [2.45, 2.75) is 24.9 Å². The number of ketones is 1. The molecule has 144 valence electrons. The first-order valence-corrected chi connectivity index (χ1v) is 9.75. The largest absolute Gasteiger partial charge is 0.382 e. The van der Waals surface area contributed by atoms with Crippen LogP contribution in [0.3, 0.4) is 0 Å². The summed E-state index contributed by atoms with van der Waals surface area (Å²) < 4.78 is 14.2. The van der Waals surface area contributed by atoms with Gasteiger partial charge in [0.2, 0.25) is 0 Å². The number of nitrogen functional groups attached to an aromatic ring is 1. The zero-order valence-corrected chi connectivity index (χ0v) is 16.2. The van der Waals surface area contributed by atoms with Crippen LogP contribution in [-0.2, 0) is 13.0 Å². The Morgan fingerprint density at radius 3 is 2.79 bits per heavy atom. The quantitative estimate of drug-likeness (QED) is 0.442. The topological polar surface area (TPSA) is 93.8 Å². The summed E-state index contributed by atoms with van der Waals surface area (Å²) in [6, 6.07) is 8.15. The molecule has 3 rings (SSSR count). The van der Waals surface area contributed by atoms with Crippen molar-refractivity contribution < 1.29 is 9.18 Å². The predicted molar refractivity (Wildman–Crippen MR) is 109 cm³/mol. The van der Waals surface area contributed by atoms with Crippen LogP contribution in [0.2, 0.25) is 0 Å². The fourth-order valence-corrected chi connectivity index (χ4v) is 3.14. The molecular weight excluding hydrogens is 377 g/mol. The van der Waals surface area contributed by atoms with Crippen LogP contribution in [0.15, 0.2) is 53.9 Å². The normalized spacial score (nSPS) is 10.6. The van der Waals surface area contributed by atoms with E-state index in [1.165, 1.54) is 12.3 Å². The molecule has 3 N–H and O–H groups in total. The van der Waals surface area contributed by atoms with Crippen molar-refractivity contribution >= 4 is 29.1 Å². The van der Waals surface area contributed by atoms with Crippen LogP contribution in [0.25, 0.3) is 0 Å². The summed E-state index contributed by atoms with van der Waals surface area (Å²) in [6.45, 7) is 2.25. The minimum Gasteiger partial charge on any atom is -0.382 e. The molecule has 1 aromatic carbocycles. The monoisotopic (exact) mass is 397 g/mol. The van der Waals surface area contributed by atoms with Crippen molar-refractivity contribution in [3.8, 4) is 0 Å². The van der Waals surface area contributed by atoms with Gasteiger partial charge < -0.3 is 11.1 Å². The highest BCUT2D eigenvalue weighted by molar-refractivity contribution is 7.99. The van der Waals surface area contributed by atoms with Crippen molar-refractivity contribution in [2.75, 3.05) is 16.8 Å². The first-order valence-electron chi connectivity index (χ1n) is 8.76. The van der Waals surface area contributed by atoms with Crippen molar-refractivity contribution in [1.29, 1.82) is 0 Å². The Labute approximate surface area is 166 Å². The fraction of sp³-hybridized carbons (Fsp3) is 0.200. The number of aromatic nitrogens is 3. The van der Waals surface area contributed by atoms with E-state index in [1.54, 1.807) is 48.4 Å². The molecule has 0 radical (unpaired) electrons. The molecule has 2 aromatic heterocycles. The number of nitrogens with zero attached hydrogens (tertiary/aromatic N) is 3. The van der Waals surface area contributed by atoms with Crippen molar-refractivity contribution in [1.82, 2.24) is 15.0 Å². The van der Waals surface area contributed by atoms with E-state index in [-0.39, 0.29) is 24.6 Å². The first kappa shape index (κ1) is 19.8. The minimum atomic E-state index is -0.355. The van der Waals surface area contributed by atoms with E-state index in [2.05, 4.69) is 20.3 Å². The highest BCUT2D eigenvalue weighted by atomic mass is 32.2. The molecule has 28 heavy (non-hydrogen) atoms. The second-order valence-corrected chi connectivity index (χ2v) is 7.27. The molecule has 0 aliphatic heterocycles. The number of anilines is 2. The van der Waals surface area contributed by atoms with Gasteiger partial charge in [0.15, 0.2) is 5.78 Å². The average molecular weight is 397 g/mol. The fourth-order valence-electron chi connectivity index (χ4n) is 2.59. The van der Waals surface area contributed by atoms with Crippen LogP contribution >= 0.6 is 11.8 Å². The van der Waals surface area contributed by atoms with Gasteiger partial charge in [-0.2, -0.15) is 0 Å². The van der Waals surface area contributed by atoms with Crippen LogP contribution < -0.4 is 11.1 Å². The second kappa shape index (κ2) is 9.27. The second-order valence-electron chi connectivity index (χ2n) is 5.99. The Kier molecular flexibility index (Phi) is 6.54. The van der Waals surface area contributed by atoms with E-state index >= 15 is 0 Å². The first-order chi connectivity index (χ1) is 13.6. The zero-order valence-electron chi connectivity index (χ0n) is 15.4. The van der Waals surface area contributed by atoms with E-state index in [0.717, 1.165) is 10.8 Å². The summed E-state index contributed by atoms with van der Waals surface area (Å²) in [4.78, 5) is 24.8. The van der Waals surface area contributed by atoms with Gasteiger partial charge >= 0.3 is 0 Å². The van der Waals surface area contributed by atoms with Crippen molar-refractivity contribution in [3.63, 3.8) is 0 Å². The number of benzene rings is 1. The SMILES string of the molecule is CCSc1cnc(C(=O)Cc2ccc(F)c(CNc3cccnc3N)c2)cn1. The maximum absolute atomic E-state index is 14.2. The Morgan fingerprint density at radius 2 is 2.07 bits per heavy atom. The number of thioether (sulfide) groups is 1. The van der Waals surface area contributed by atoms with Crippen LogP contribution in [0.1, 0.15) is 28.5 Å². The zero-order chi connectivity index (χ0) is 19.9. The number of hydrogen-bond donors (Lipinski definition) is 2. The lowest BCUT2D eigenvalue weighted by atomic mass is 10.0. The highest BCUT2D eigenvalue weighted by Gasteiger charge is 2.12. The van der Waals surface area contributed by atoms with E-state index in [0.29, 0.717) is 28.3 Å². The number of hydrogen-bond acceptors (Lipinski definition) is 7. The van der Waals surface area contributed by atoms with Gasteiger partial charge in [-0.1, -0.05) is 19.1 Å². The molecule has 0 bridgehead atoms. The number of nitrogens with two attached hydrogens (primary N) is 1.